The first-order chi connectivity index (χ1) is 15.3. The molecule has 0 amide bonds. The highest BCUT2D eigenvalue weighted by Gasteiger charge is 2.40. The van der Waals surface area contributed by atoms with Gasteiger partial charge in [0, 0.05) is 14.7 Å². The molecule has 0 spiro atoms. The fourth-order valence-corrected chi connectivity index (χ4v) is 7.52. The third-order valence-electron chi connectivity index (χ3n) is 4.49. The lowest BCUT2D eigenvalue weighted by atomic mass is 10.2. The maximum Gasteiger partial charge on any atom is 0.416 e. The van der Waals surface area contributed by atoms with Crippen LogP contribution in [0, 0.1) is 0 Å². The van der Waals surface area contributed by atoms with Gasteiger partial charge in [0.05, 0.1) is 18.2 Å². The van der Waals surface area contributed by atoms with Crippen LogP contribution >= 0.6 is 10.3 Å². The molecule has 4 nitrogen and oxygen atoms in total. The highest BCUT2D eigenvalue weighted by atomic mass is 32.3. The molecule has 0 unspecified atom stereocenters. The highest BCUT2D eigenvalue weighted by Crippen LogP contribution is 2.70. The van der Waals surface area contributed by atoms with Crippen molar-refractivity contribution in [3.63, 3.8) is 0 Å². The van der Waals surface area contributed by atoms with Crippen molar-refractivity contribution in [1.29, 1.82) is 0 Å². The molecule has 0 saturated heterocycles. The van der Waals surface area contributed by atoms with Gasteiger partial charge in [-0.2, -0.15) is 38.4 Å². The number of alkyl halides is 6. The molecule has 0 radical (unpaired) electrons. The van der Waals surface area contributed by atoms with Crippen molar-refractivity contribution in [3.8, 4) is 0 Å². The first-order valence-electron chi connectivity index (χ1n) is 9.04. The Morgan fingerprint density at radius 1 is 0.606 bits per heavy atom. The van der Waals surface area contributed by atoms with E-state index in [9.17, 15) is 34.8 Å². The summed E-state index contributed by atoms with van der Waals surface area (Å²) in [6, 6.07) is 14.7. The van der Waals surface area contributed by atoms with Crippen molar-refractivity contribution in [2.45, 2.75) is 27.0 Å². The molecule has 0 atom stereocenters. The van der Waals surface area contributed by atoms with Crippen LogP contribution < -0.4 is 0 Å². The van der Waals surface area contributed by atoms with Crippen molar-refractivity contribution in [2.75, 3.05) is 7.11 Å². The minimum atomic E-state index is -4.71. The minimum Gasteiger partial charge on any atom is -0.251 e. The zero-order chi connectivity index (χ0) is 24.5. The molecule has 0 aliphatic carbocycles. The average molecular weight is 510 g/mol. The van der Waals surface area contributed by atoms with Gasteiger partial charge in [0.15, 0.2) is 0 Å². The standard InChI is InChI=1S/C21H16F6O4S2/c1-30-33(28,29)31-32(17-5-3-2-4-6-17,18-11-7-15(8-12-18)20(22,23)24)19-13-9-16(10-14-19)21(25,26)27/h2-14H,1H3. The Labute approximate surface area is 187 Å². The molecule has 0 fully saturated rings. The van der Waals surface area contributed by atoms with E-state index in [1.165, 1.54) is 24.3 Å². The summed E-state index contributed by atoms with van der Waals surface area (Å²) in [5, 5.41) is 0. The van der Waals surface area contributed by atoms with Gasteiger partial charge in [-0.25, -0.2) is 0 Å². The molecule has 0 heterocycles. The van der Waals surface area contributed by atoms with Crippen LogP contribution in [0.2, 0.25) is 0 Å². The van der Waals surface area contributed by atoms with Crippen molar-refractivity contribution in [2.24, 2.45) is 0 Å². The van der Waals surface area contributed by atoms with E-state index in [4.69, 9.17) is 3.63 Å². The first kappa shape index (κ1) is 25.1. The minimum absolute atomic E-state index is 0.00193. The summed E-state index contributed by atoms with van der Waals surface area (Å²) in [6.07, 6.45) is -9.31. The third kappa shape index (κ3) is 5.35. The van der Waals surface area contributed by atoms with Gasteiger partial charge >= 0.3 is 22.8 Å². The predicted octanol–water partition coefficient (Wildman–Crippen LogP) is 6.83. The van der Waals surface area contributed by atoms with E-state index in [0.29, 0.717) is 0 Å². The van der Waals surface area contributed by atoms with Crippen LogP contribution in [0.1, 0.15) is 11.1 Å². The number of halogens is 6. The van der Waals surface area contributed by atoms with Gasteiger partial charge < -0.3 is 0 Å². The topological polar surface area (TPSA) is 52.6 Å². The second-order valence-corrected chi connectivity index (χ2v) is 10.8. The first-order valence-corrected chi connectivity index (χ1v) is 11.9. The molecule has 0 aromatic heterocycles. The van der Waals surface area contributed by atoms with Gasteiger partial charge in [-0.05, 0) is 71.0 Å². The Balaban J connectivity index is 2.34. The summed E-state index contributed by atoms with van der Waals surface area (Å²) in [5.41, 5.74) is -1.98. The van der Waals surface area contributed by atoms with E-state index in [1.54, 1.807) is 6.07 Å². The van der Waals surface area contributed by atoms with Crippen molar-refractivity contribution < 1.29 is 42.6 Å². The van der Waals surface area contributed by atoms with Crippen LogP contribution in [0.4, 0.5) is 26.3 Å². The largest absolute Gasteiger partial charge is 0.416 e. The zero-order valence-corrected chi connectivity index (χ0v) is 18.4. The maximum atomic E-state index is 13.1. The van der Waals surface area contributed by atoms with Crippen LogP contribution in [0.5, 0.6) is 0 Å². The Morgan fingerprint density at radius 3 is 1.30 bits per heavy atom. The fraction of sp³-hybridized carbons (Fsp3) is 0.143. The van der Waals surface area contributed by atoms with Gasteiger partial charge in [-0.3, -0.25) is 4.18 Å². The Morgan fingerprint density at radius 2 is 0.970 bits per heavy atom. The van der Waals surface area contributed by atoms with Crippen LogP contribution in [0.3, 0.4) is 0 Å². The quantitative estimate of drug-likeness (QED) is 0.341. The predicted molar refractivity (Wildman–Crippen MR) is 109 cm³/mol. The lowest BCUT2D eigenvalue weighted by Gasteiger charge is -2.39. The lowest BCUT2D eigenvalue weighted by Crippen LogP contribution is -2.16. The van der Waals surface area contributed by atoms with Crippen LogP contribution in [0.25, 0.3) is 0 Å². The number of benzene rings is 3. The van der Waals surface area contributed by atoms with Crippen LogP contribution in [-0.2, 0) is 30.6 Å². The highest BCUT2D eigenvalue weighted by molar-refractivity contribution is 8.32. The van der Waals surface area contributed by atoms with Gasteiger partial charge in [0.1, 0.15) is 0 Å². The molecule has 3 rings (SSSR count). The molecule has 178 valence electrons. The number of rotatable bonds is 6. The van der Waals surface area contributed by atoms with E-state index in [0.717, 1.165) is 55.6 Å². The smallest absolute Gasteiger partial charge is 0.251 e. The fourth-order valence-electron chi connectivity index (χ4n) is 2.96. The summed E-state index contributed by atoms with van der Waals surface area (Å²) in [7, 11) is -7.26. The second-order valence-electron chi connectivity index (χ2n) is 6.56. The van der Waals surface area contributed by atoms with E-state index < -0.39 is 44.2 Å². The Hall–Kier alpha value is -2.54. The van der Waals surface area contributed by atoms with Crippen LogP contribution in [-0.4, -0.2) is 15.5 Å². The normalized spacial score (nSPS) is 13.7. The van der Waals surface area contributed by atoms with Gasteiger partial charge in [0.2, 0.25) is 0 Å². The molecule has 0 aliphatic heterocycles. The maximum absolute atomic E-state index is 13.1. The van der Waals surface area contributed by atoms with Crippen LogP contribution in [0.15, 0.2) is 93.5 Å². The second kappa shape index (κ2) is 9.01. The third-order valence-corrected chi connectivity index (χ3v) is 9.19. The van der Waals surface area contributed by atoms with Crippen molar-refractivity contribution in [1.82, 2.24) is 0 Å². The summed E-state index contributed by atoms with van der Waals surface area (Å²) in [6.45, 7) is 0. The molecule has 33 heavy (non-hydrogen) atoms. The summed E-state index contributed by atoms with van der Waals surface area (Å²) in [5.74, 6) is 0. The van der Waals surface area contributed by atoms with Gasteiger partial charge in [0.25, 0.3) is 0 Å². The zero-order valence-electron chi connectivity index (χ0n) is 16.7. The van der Waals surface area contributed by atoms with E-state index in [1.807, 2.05) is 0 Å². The molecule has 0 N–H and O–H groups in total. The molecular weight excluding hydrogens is 494 g/mol. The summed E-state index contributed by atoms with van der Waals surface area (Å²) in [4.78, 5) is 0.217. The molecule has 3 aromatic rings. The Bertz CT molecular complexity index is 1130. The molecule has 0 bridgehead atoms. The van der Waals surface area contributed by atoms with Gasteiger partial charge in [-0.15, -0.1) is 0 Å². The molecule has 12 heteroatoms. The summed E-state index contributed by atoms with van der Waals surface area (Å²) < 4.78 is 113. The molecule has 0 aliphatic rings. The SMILES string of the molecule is COS(=O)(=O)OS(c1ccccc1)(c1ccc(C(F)(F)F)cc1)c1ccc(C(F)(F)F)cc1. The number of hydrogen-bond donors (Lipinski definition) is 0. The van der Waals surface area contributed by atoms with E-state index in [-0.39, 0.29) is 14.7 Å². The van der Waals surface area contributed by atoms with Crippen molar-refractivity contribution >= 4 is 20.7 Å². The molecular formula is C21H16F6O4S2. The molecule has 0 saturated carbocycles. The lowest BCUT2D eigenvalue weighted by molar-refractivity contribution is -0.138. The molecule has 3 aromatic carbocycles. The number of hydrogen-bond acceptors (Lipinski definition) is 4. The summed E-state index contributed by atoms with van der Waals surface area (Å²) >= 11 is 0. The monoisotopic (exact) mass is 510 g/mol. The van der Waals surface area contributed by atoms with Gasteiger partial charge in [-0.1, -0.05) is 18.2 Å². The average Bonchev–Trinajstić information content (AvgIpc) is 2.77. The van der Waals surface area contributed by atoms with Crippen molar-refractivity contribution in [3.05, 3.63) is 90.0 Å². The van der Waals surface area contributed by atoms with E-state index in [2.05, 4.69) is 4.18 Å². The van der Waals surface area contributed by atoms with E-state index >= 15 is 0 Å². The Kier molecular flexibility index (Phi) is 6.85.